The first-order valence-electron chi connectivity index (χ1n) is 34.6. The molecular formula is C72H86F8N22O4S2. The number of aromatic nitrogens is 13. The molecule has 3 aliphatic heterocycles. The first-order chi connectivity index (χ1) is 51.6. The molecule has 3 aromatic carbocycles. The van der Waals surface area contributed by atoms with E-state index in [2.05, 4.69) is 97.3 Å². The van der Waals surface area contributed by atoms with E-state index in [1.165, 1.54) is 54.2 Å². The Kier molecular flexibility index (Phi) is 20.6. The Hall–Kier alpha value is -11.2. The third kappa shape index (κ3) is 18.4. The summed E-state index contributed by atoms with van der Waals surface area (Å²) in [7, 11) is 0. The first kappa shape index (κ1) is 73.7. The van der Waals surface area contributed by atoms with Gasteiger partial charge in [0, 0.05) is 115 Å². The number of halogens is 8. The van der Waals surface area contributed by atoms with Crippen LogP contribution in [0.25, 0.3) is 0 Å². The van der Waals surface area contributed by atoms with Crippen LogP contribution in [0.1, 0.15) is 94.5 Å². The number of ether oxygens (including phenoxy) is 1. The summed E-state index contributed by atoms with van der Waals surface area (Å²) in [6.45, 7) is 10.6. The van der Waals surface area contributed by atoms with Gasteiger partial charge in [-0.2, -0.15) is 51.6 Å². The van der Waals surface area contributed by atoms with Gasteiger partial charge in [-0.3, -0.25) is 34.7 Å². The van der Waals surface area contributed by atoms with Crippen LogP contribution in [0.4, 0.5) is 105 Å². The van der Waals surface area contributed by atoms with E-state index in [1.807, 2.05) is 86.0 Å². The maximum atomic E-state index is 15.0. The van der Waals surface area contributed by atoms with Crippen molar-refractivity contribution >= 4 is 111 Å². The maximum Gasteiger partial charge on any atom is 0.403 e. The topological polar surface area (TPSA) is 319 Å². The fourth-order valence-electron chi connectivity index (χ4n) is 12.0. The molecule has 6 fully saturated rings. The minimum Gasteiger partial charge on any atom is -0.424 e. The van der Waals surface area contributed by atoms with Crippen LogP contribution >= 0.6 is 23.5 Å². The summed E-state index contributed by atoms with van der Waals surface area (Å²) in [6.07, 6.45) is -4.72. The van der Waals surface area contributed by atoms with Crippen molar-refractivity contribution < 1.29 is 64.2 Å². The molecule has 10 heterocycles. The number of alkyl halides is 8. The average Bonchev–Trinajstić information content (AvgIpc) is 1.55. The van der Waals surface area contributed by atoms with Crippen LogP contribution in [0.2, 0.25) is 0 Å². The maximum absolute atomic E-state index is 15.0. The number of benzene rings is 3. The lowest BCUT2D eigenvalue weighted by Gasteiger charge is -2.45. The molecule has 26 nitrogen and oxygen atoms in total. The van der Waals surface area contributed by atoms with Gasteiger partial charge in [0.2, 0.25) is 11.8 Å². The molecule has 108 heavy (non-hydrogen) atoms. The number of H-pyrrole nitrogens is 3. The van der Waals surface area contributed by atoms with Crippen molar-refractivity contribution in [2.45, 2.75) is 123 Å². The third-order valence-corrected chi connectivity index (χ3v) is 20.2. The molecule has 3 amide bonds. The second-order valence-corrected chi connectivity index (χ2v) is 29.5. The van der Waals surface area contributed by atoms with Crippen molar-refractivity contribution in [3.8, 4) is 11.8 Å². The average molecular weight is 1540 g/mol. The van der Waals surface area contributed by atoms with E-state index in [0.717, 1.165) is 77.2 Å². The smallest absolute Gasteiger partial charge is 0.403 e. The summed E-state index contributed by atoms with van der Waals surface area (Å²) in [5, 5.41) is 39.1. The number of nitrogens with zero attached hydrogens (tertiary/aromatic N) is 13. The van der Waals surface area contributed by atoms with Crippen molar-refractivity contribution in [3.05, 3.63) is 156 Å². The monoisotopic (exact) mass is 1540 g/mol. The second-order valence-electron chi connectivity index (χ2n) is 27.4. The Morgan fingerprint density at radius 3 is 1.39 bits per heavy atom. The lowest BCUT2D eigenvalue weighted by atomic mass is 9.91. The van der Waals surface area contributed by atoms with E-state index >= 15 is 0 Å². The number of aromatic amines is 3. The van der Waals surface area contributed by atoms with Gasteiger partial charge in [0.25, 0.3) is 5.91 Å². The van der Waals surface area contributed by atoms with Gasteiger partial charge in [-0.15, -0.1) is 0 Å². The molecule has 3 saturated heterocycles. The van der Waals surface area contributed by atoms with E-state index in [1.54, 1.807) is 54.7 Å². The van der Waals surface area contributed by atoms with E-state index in [0.29, 0.717) is 73.9 Å². The lowest BCUT2D eigenvalue weighted by Crippen LogP contribution is -2.60. The number of anilines is 12. The number of hydrogen-bond acceptors (Lipinski definition) is 22. The van der Waals surface area contributed by atoms with Gasteiger partial charge in [0.1, 0.15) is 63.8 Å². The third-order valence-electron chi connectivity index (χ3n) is 18.5. The summed E-state index contributed by atoms with van der Waals surface area (Å²) in [5.74, 6) is 3.52. The Morgan fingerprint density at radius 1 is 0.537 bits per heavy atom. The highest BCUT2D eigenvalue weighted by molar-refractivity contribution is 7.99. The Morgan fingerprint density at radius 2 is 0.981 bits per heavy atom. The van der Waals surface area contributed by atoms with Crippen LogP contribution in [0.3, 0.4) is 0 Å². The Bertz CT molecular complexity index is 4920. The van der Waals surface area contributed by atoms with E-state index in [-0.39, 0.29) is 84.1 Å². The van der Waals surface area contributed by atoms with E-state index < -0.39 is 47.3 Å². The number of rotatable bonds is 23. The molecule has 16 rings (SSSR count). The summed E-state index contributed by atoms with van der Waals surface area (Å²) >= 11 is 2.72. The number of nitrogens with one attached hydrogen (secondary N) is 9. The fraction of sp³-hybridized carbons (Fsp3) is 0.347. The summed E-state index contributed by atoms with van der Waals surface area (Å²) in [6, 6.07) is 34.3. The highest BCUT2D eigenvalue weighted by Crippen LogP contribution is 2.58. The predicted octanol–water partition coefficient (Wildman–Crippen LogP) is 16.8. The van der Waals surface area contributed by atoms with Crippen molar-refractivity contribution in [2.24, 2.45) is 17.3 Å². The number of amides is 3. The standard InChI is InChI=1S/C25H25F4N7OS.C24H24N8OS.C23H23F4N7O2.7H2/c1-14-10-19(35-34-14)31-18-11-20(36-12-24(26,13-36)15-2-3-15)33-22(32-18)38-17-6-4-16(5-7-17)30-21(37)23(8-9-23)25(27,28)29;1-15-4-5-17(14-25-15)23(33)26-18-6-8-19(9-7-18)34-24-28-20(27-21-12-16(2)30-31-21)13-22(29-24)32-10-3-11-32;1-13-8-18(33-32-13)29-17-9-19(34-11-22(24,12-34)14-2-3-14)31-21(30-17)36-16-6-4-15(5-7-16)28-20(35)10-23(25,26)27;;;;;;;/h4-7,10-11,15H,2-3,8-9,12-13H2,1H3,(H,30,37)(H2,31,32,33,34,35);4-9,12-14H,3,10-11H2,1-2H3,(H,26,33)(H2,27,28,29,30,31);4-9,14H,2-3,10-12H2,1H3,(H,28,35)(H2,29,30,31,32,33);7*1H. The van der Waals surface area contributed by atoms with Crippen LogP contribution in [0, 0.1) is 44.9 Å². The number of carbonyl (C=O) groups is 3. The summed E-state index contributed by atoms with van der Waals surface area (Å²) in [5.41, 5.74) is 0.606. The highest BCUT2D eigenvalue weighted by atomic mass is 32.2. The number of carbonyl (C=O) groups excluding carboxylic acids is 3. The molecule has 0 unspecified atom stereocenters. The van der Waals surface area contributed by atoms with Crippen LogP contribution < -0.4 is 51.3 Å². The van der Waals surface area contributed by atoms with Crippen LogP contribution in [-0.4, -0.2) is 146 Å². The molecule has 3 saturated carbocycles. The highest BCUT2D eigenvalue weighted by Gasteiger charge is 2.68. The normalized spacial score (nSPS) is 16.5. The van der Waals surface area contributed by atoms with Gasteiger partial charge in [-0.05, 0) is 193 Å². The molecule has 6 aliphatic rings. The Labute approximate surface area is 631 Å². The largest absolute Gasteiger partial charge is 0.424 e. The molecule has 36 heteroatoms. The molecule has 10 aromatic rings. The van der Waals surface area contributed by atoms with Gasteiger partial charge >= 0.3 is 18.4 Å². The summed E-state index contributed by atoms with van der Waals surface area (Å²) < 4.78 is 112. The van der Waals surface area contributed by atoms with E-state index in [9.17, 15) is 49.5 Å². The molecule has 0 spiro atoms. The van der Waals surface area contributed by atoms with Gasteiger partial charge in [0.05, 0.1) is 31.7 Å². The lowest BCUT2D eigenvalue weighted by molar-refractivity contribution is -0.189. The zero-order valence-electron chi connectivity index (χ0n) is 58.5. The van der Waals surface area contributed by atoms with Gasteiger partial charge in [-0.1, -0.05) is 0 Å². The van der Waals surface area contributed by atoms with Crippen LogP contribution in [0.5, 0.6) is 11.8 Å². The molecule has 9 N–H and O–H groups in total. The number of pyridine rings is 1. The molecule has 3 aliphatic carbocycles. The number of aryl methyl sites for hydroxylation is 4. The number of hydrogen-bond donors (Lipinski definition) is 9. The van der Waals surface area contributed by atoms with Crippen molar-refractivity contribution in [3.63, 3.8) is 0 Å². The molecular weight excluding hydrogens is 1450 g/mol. The fourth-order valence-corrected chi connectivity index (χ4v) is 13.5. The van der Waals surface area contributed by atoms with Gasteiger partial charge in [0.15, 0.2) is 27.8 Å². The van der Waals surface area contributed by atoms with Crippen molar-refractivity contribution in [2.75, 3.05) is 85.9 Å². The zero-order valence-corrected chi connectivity index (χ0v) is 60.1. The van der Waals surface area contributed by atoms with Crippen LogP contribution in [0.15, 0.2) is 148 Å². The van der Waals surface area contributed by atoms with Gasteiger partial charge < -0.3 is 51.3 Å². The van der Waals surface area contributed by atoms with Gasteiger partial charge in [-0.25, -0.2) is 28.7 Å². The molecule has 0 atom stereocenters. The SMILES string of the molecule is Cc1cc(Nc2cc(N3CC(F)(C4CC4)C3)nc(Oc3ccc(NC(=O)CC(F)(F)F)cc3)n2)n[nH]1.Cc1cc(Nc2cc(N3CC(F)(C4CC4)C3)nc(Sc3ccc(NC(=O)C4(C(F)(F)F)CC4)cc3)n2)n[nH]1.Cc1ccc(C(=O)Nc2ccc(Sc3nc(Nc4cc(C)[nH]n4)cc(N4CCC4)n3)cc2)cn1.[HH].[HH].[HH].[HH].[HH].[HH].[HH]. The van der Waals surface area contributed by atoms with E-state index in [4.69, 9.17) is 9.72 Å². The van der Waals surface area contributed by atoms with Crippen molar-refractivity contribution in [1.82, 2.24) is 65.5 Å². The second kappa shape index (κ2) is 30.2. The first-order valence-corrected chi connectivity index (χ1v) is 36.2. The predicted molar refractivity (Wildman–Crippen MR) is 405 cm³/mol. The van der Waals surface area contributed by atoms with Crippen LogP contribution in [-0.2, 0) is 9.59 Å². The molecule has 0 bridgehead atoms. The summed E-state index contributed by atoms with van der Waals surface area (Å²) in [4.78, 5) is 75.3. The molecule has 576 valence electrons. The zero-order chi connectivity index (χ0) is 75.7. The minimum atomic E-state index is -4.59. The molecule has 0 radical (unpaired) electrons. The molecule has 7 aromatic heterocycles. The quantitative estimate of drug-likeness (QED) is 0.0212. The Balaban J connectivity index is 0.000000232. The minimum absolute atomic E-state index is 0. The van der Waals surface area contributed by atoms with Crippen molar-refractivity contribution in [1.29, 1.82) is 0 Å².